The number of Topliss-reactive ketones (excluding diaryl/α,β-unsaturated/α-hetero) is 1. The molecule has 8 heteroatoms. The second-order valence-corrected chi connectivity index (χ2v) is 8.47. The fourth-order valence-electron chi connectivity index (χ4n) is 3.15. The molecule has 1 unspecified atom stereocenters. The maximum Gasteiger partial charge on any atom is 0.237 e. The molecule has 0 spiro atoms. The molecule has 6 nitrogen and oxygen atoms in total. The number of benzene rings is 2. The van der Waals surface area contributed by atoms with Crippen molar-refractivity contribution < 1.29 is 14.3 Å². The Hall–Kier alpha value is -3.15. The molecular weight excluding hydrogens is 418 g/mol. The van der Waals surface area contributed by atoms with E-state index in [-0.39, 0.29) is 24.0 Å². The number of para-hydroxylation sites is 1. The number of thioether (sulfide) groups is 1. The van der Waals surface area contributed by atoms with Gasteiger partial charge in [0.1, 0.15) is 10.8 Å². The molecule has 2 aromatic carbocycles. The largest absolute Gasteiger partial charge is 0.497 e. The number of nitrogens with zero attached hydrogens (tertiary/aromatic N) is 3. The first-order chi connectivity index (χ1) is 14.6. The lowest BCUT2D eigenvalue weighted by Crippen LogP contribution is -2.40. The number of hydrogen-bond donors (Lipinski definition) is 0. The van der Waals surface area contributed by atoms with E-state index in [4.69, 9.17) is 4.74 Å². The number of hydrogen-bond acceptors (Lipinski definition) is 7. The van der Waals surface area contributed by atoms with Crippen LogP contribution in [0.4, 0.5) is 5.69 Å². The number of thiazole rings is 1. The number of fused-ring (bicyclic) bond motifs is 1. The van der Waals surface area contributed by atoms with Crippen LogP contribution in [0.3, 0.4) is 0 Å². The van der Waals surface area contributed by atoms with Crippen LogP contribution in [0.5, 0.6) is 5.75 Å². The van der Waals surface area contributed by atoms with E-state index >= 15 is 0 Å². The van der Waals surface area contributed by atoms with Crippen LogP contribution in [0.1, 0.15) is 10.9 Å². The van der Waals surface area contributed by atoms with Gasteiger partial charge in [-0.3, -0.25) is 9.59 Å². The van der Waals surface area contributed by atoms with Crippen molar-refractivity contribution in [2.24, 2.45) is 0 Å². The van der Waals surface area contributed by atoms with Gasteiger partial charge in [-0.15, -0.1) is 23.1 Å². The number of aromatic nitrogens is 1. The van der Waals surface area contributed by atoms with Gasteiger partial charge in [0, 0.05) is 15.8 Å². The first kappa shape index (κ1) is 20.1. The van der Waals surface area contributed by atoms with Gasteiger partial charge in [-0.2, -0.15) is 5.26 Å². The Morgan fingerprint density at radius 3 is 2.77 bits per heavy atom. The summed E-state index contributed by atoms with van der Waals surface area (Å²) in [6.45, 7) is -0.147. The van der Waals surface area contributed by atoms with Gasteiger partial charge in [0.05, 0.1) is 36.9 Å². The zero-order chi connectivity index (χ0) is 21.1. The molecule has 0 fully saturated rings. The number of nitriles is 1. The predicted molar refractivity (Wildman–Crippen MR) is 117 cm³/mol. The maximum absolute atomic E-state index is 13.0. The van der Waals surface area contributed by atoms with Crippen molar-refractivity contribution in [2.75, 3.05) is 24.3 Å². The highest BCUT2D eigenvalue weighted by Crippen LogP contribution is 2.35. The number of rotatable bonds is 6. The molecule has 0 N–H and O–H groups in total. The van der Waals surface area contributed by atoms with Crippen molar-refractivity contribution >= 4 is 40.5 Å². The second kappa shape index (κ2) is 8.69. The van der Waals surface area contributed by atoms with Gasteiger partial charge >= 0.3 is 0 Å². The van der Waals surface area contributed by atoms with Crippen LogP contribution in [-0.2, 0) is 9.59 Å². The lowest BCUT2D eigenvalue weighted by molar-refractivity contribution is -0.121. The van der Waals surface area contributed by atoms with Gasteiger partial charge < -0.3 is 9.64 Å². The Kier molecular flexibility index (Phi) is 5.84. The Morgan fingerprint density at radius 1 is 1.27 bits per heavy atom. The lowest BCUT2D eigenvalue weighted by atomic mass is 10.1. The highest BCUT2D eigenvalue weighted by Gasteiger charge is 2.31. The minimum Gasteiger partial charge on any atom is -0.497 e. The van der Waals surface area contributed by atoms with E-state index in [1.807, 2.05) is 53.9 Å². The monoisotopic (exact) mass is 435 g/mol. The summed E-state index contributed by atoms with van der Waals surface area (Å²) in [5.74, 6) is -0.481. The van der Waals surface area contributed by atoms with Gasteiger partial charge in [0.15, 0.2) is 11.7 Å². The van der Waals surface area contributed by atoms with E-state index in [0.717, 1.165) is 16.2 Å². The highest BCUT2D eigenvalue weighted by molar-refractivity contribution is 8.00. The maximum atomic E-state index is 13.0. The third-order valence-corrected chi connectivity index (χ3v) is 6.69. The molecule has 1 aromatic heterocycles. The molecule has 0 radical (unpaired) electrons. The van der Waals surface area contributed by atoms with Crippen LogP contribution < -0.4 is 9.64 Å². The fraction of sp³-hybridized carbons (Fsp3) is 0.182. The van der Waals surface area contributed by atoms with Crippen molar-refractivity contribution in [1.29, 1.82) is 5.26 Å². The summed E-state index contributed by atoms with van der Waals surface area (Å²) in [7, 11) is 1.60. The van der Waals surface area contributed by atoms with Crippen LogP contribution in [0, 0.1) is 11.3 Å². The van der Waals surface area contributed by atoms with Gasteiger partial charge in [0.25, 0.3) is 0 Å². The lowest BCUT2D eigenvalue weighted by Gasteiger charge is -2.28. The summed E-state index contributed by atoms with van der Waals surface area (Å²) in [6.07, 6.45) is 0. The first-order valence-corrected chi connectivity index (χ1v) is 11.0. The Balaban J connectivity index is 1.55. The van der Waals surface area contributed by atoms with Crippen molar-refractivity contribution in [3.63, 3.8) is 0 Å². The van der Waals surface area contributed by atoms with E-state index in [2.05, 4.69) is 11.1 Å². The van der Waals surface area contributed by atoms with Gasteiger partial charge in [0.2, 0.25) is 5.91 Å². The van der Waals surface area contributed by atoms with Crippen LogP contribution in [0.15, 0.2) is 58.8 Å². The summed E-state index contributed by atoms with van der Waals surface area (Å²) in [5, 5.41) is 11.9. The third kappa shape index (κ3) is 3.95. The molecular formula is C22H17N3O3S2. The van der Waals surface area contributed by atoms with E-state index in [1.54, 1.807) is 7.11 Å². The molecule has 0 saturated heterocycles. The number of methoxy groups -OCH3 is 1. The zero-order valence-corrected chi connectivity index (χ0v) is 17.7. The highest BCUT2D eigenvalue weighted by atomic mass is 32.2. The molecule has 1 atom stereocenters. The summed E-state index contributed by atoms with van der Waals surface area (Å²) >= 11 is 2.73. The molecule has 30 heavy (non-hydrogen) atoms. The van der Waals surface area contributed by atoms with E-state index in [1.165, 1.54) is 28.0 Å². The van der Waals surface area contributed by atoms with E-state index in [0.29, 0.717) is 16.4 Å². The normalized spacial score (nSPS) is 14.0. The molecule has 150 valence electrons. The minimum absolute atomic E-state index is 0.137. The number of carbonyl (C=O) groups is 2. The van der Waals surface area contributed by atoms with Crippen LogP contribution in [0.2, 0.25) is 0 Å². The fourth-order valence-corrected chi connectivity index (χ4v) is 4.98. The number of carbonyl (C=O) groups excluding carboxylic acids is 2. The molecule has 0 bridgehead atoms. The standard InChI is InChI=1S/C22H17N3O3S2/c1-28-15-8-6-14(7-9-15)17-12-30-22(24-17)16(10-23)19(26)11-25-18-4-2-3-5-20(18)29-13-21(25)27/h2-9,12,16H,11,13H2,1H3. The Bertz CT molecular complexity index is 1140. The van der Waals surface area contributed by atoms with Gasteiger partial charge in [-0.1, -0.05) is 12.1 Å². The molecule has 4 rings (SSSR count). The van der Waals surface area contributed by atoms with Crippen LogP contribution in [-0.4, -0.2) is 36.1 Å². The third-order valence-electron chi connectivity index (χ3n) is 4.73. The number of ketones is 1. The Morgan fingerprint density at radius 2 is 2.03 bits per heavy atom. The van der Waals surface area contributed by atoms with E-state index < -0.39 is 5.92 Å². The SMILES string of the molecule is COc1ccc(-c2csc(C(C#N)C(=O)CN3C(=O)CSc4ccccc43)n2)cc1. The summed E-state index contributed by atoms with van der Waals surface area (Å²) in [6, 6.07) is 17.0. The molecule has 1 aliphatic heterocycles. The minimum atomic E-state index is -1.02. The molecule has 2 heterocycles. The molecule has 1 amide bonds. The zero-order valence-electron chi connectivity index (χ0n) is 16.1. The Labute approximate surface area is 182 Å². The predicted octanol–water partition coefficient (Wildman–Crippen LogP) is 4.13. The molecule has 0 aliphatic carbocycles. The van der Waals surface area contributed by atoms with Crippen molar-refractivity contribution in [3.8, 4) is 23.1 Å². The smallest absolute Gasteiger partial charge is 0.237 e. The summed E-state index contributed by atoms with van der Waals surface area (Å²) < 4.78 is 5.16. The van der Waals surface area contributed by atoms with Crippen molar-refractivity contribution in [1.82, 2.24) is 4.98 Å². The summed E-state index contributed by atoms with van der Waals surface area (Å²) in [4.78, 5) is 32.3. The average molecular weight is 436 g/mol. The van der Waals surface area contributed by atoms with Gasteiger partial charge in [-0.25, -0.2) is 4.98 Å². The quantitative estimate of drug-likeness (QED) is 0.579. The topological polar surface area (TPSA) is 83.3 Å². The van der Waals surface area contributed by atoms with Gasteiger partial charge in [-0.05, 0) is 36.4 Å². The summed E-state index contributed by atoms with van der Waals surface area (Å²) in [5.41, 5.74) is 2.28. The first-order valence-electron chi connectivity index (χ1n) is 9.15. The van der Waals surface area contributed by atoms with Crippen LogP contribution in [0.25, 0.3) is 11.3 Å². The second-order valence-electron chi connectivity index (χ2n) is 6.56. The van der Waals surface area contributed by atoms with E-state index in [9.17, 15) is 14.9 Å². The molecule has 0 saturated carbocycles. The molecule has 1 aliphatic rings. The van der Waals surface area contributed by atoms with Crippen molar-refractivity contribution in [2.45, 2.75) is 10.8 Å². The molecule has 3 aromatic rings. The number of amides is 1. The van der Waals surface area contributed by atoms with Crippen LogP contribution >= 0.6 is 23.1 Å². The number of ether oxygens (including phenoxy) is 1. The average Bonchev–Trinajstić information content (AvgIpc) is 3.26. The van der Waals surface area contributed by atoms with Crippen molar-refractivity contribution in [3.05, 3.63) is 58.9 Å². The number of anilines is 1.